The first-order valence-corrected chi connectivity index (χ1v) is 15.5. The minimum absolute atomic E-state index is 0.0248. The van der Waals surface area contributed by atoms with Gasteiger partial charge in [-0.1, -0.05) is 35.9 Å². The molecule has 1 aliphatic rings. The highest BCUT2D eigenvalue weighted by Crippen LogP contribution is 2.33. The molecule has 13 heteroatoms. The quantitative estimate of drug-likeness (QED) is 0.230. The number of ether oxygens (including phenoxy) is 2. The average molecular weight is 618 g/mol. The lowest BCUT2D eigenvalue weighted by molar-refractivity contribution is 0.174. The number of aryl methyl sites for hydroxylation is 1. The van der Waals surface area contributed by atoms with Crippen LogP contribution < -0.4 is 19.7 Å². The summed E-state index contributed by atoms with van der Waals surface area (Å²) >= 11 is 0. The summed E-state index contributed by atoms with van der Waals surface area (Å²) in [6.45, 7) is 3.72. The summed E-state index contributed by atoms with van der Waals surface area (Å²) < 4.78 is 53.6. The van der Waals surface area contributed by atoms with Crippen LogP contribution in [0.5, 0.6) is 11.5 Å². The van der Waals surface area contributed by atoms with E-state index >= 15 is 0 Å². The third kappa shape index (κ3) is 6.15. The van der Waals surface area contributed by atoms with E-state index in [0.717, 1.165) is 23.3 Å². The average Bonchev–Trinajstić information content (AvgIpc) is 3.66. The molecule has 0 atom stereocenters. The fourth-order valence-corrected chi connectivity index (χ4v) is 5.93. The second-order valence-electron chi connectivity index (χ2n) is 10.6. The summed E-state index contributed by atoms with van der Waals surface area (Å²) in [5.74, 6) is 1.86. The Morgan fingerprint density at radius 2 is 1.66 bits per heavy atom. The molecule has 11 nitrogen and oxygen atoms in total. The van der Waals surface area contributed by atoms with Crippen molar-refractivity contribution in [2.24, 2.45) is 0 Å². The molecular formula is C31H32FN7O4S. The molecule has 5 aromatic rings. The summed E-state index contributed by atoms with van der Waals surface area (Å²) in [5.41, 5.74) is 4.51. The van der Waals surface area contributed by atoms with Gasteiger partial charge in [-0.3, -0.25) is 0 Å². The van der Waals surface area contributed by atoms with Crippen LogP contribution in [-0.2, 0) is 23.1 Å². The van der Waals surface area contributed by atoms with Crippen molar-refractivity contribution in [3.8, 4) is 11.5 Å². The Hall–Kier alpha value is -4.75. The number of sulfonamides is 1. The minimum atomic E-state index is -3.80. The van der Waals surface area contributed by atoms with E-state index in [1.165, 1.54) is 29.0 Å². The van der Waals surface area contributed by atoms with E-state index in [4.69, 9.17) is 19.4 Å². The van der Waals surface area contributed by atoms with Gasteiger partial charge in [0.1, 0.15) is 5.82 Å². The number of hydrogen-bond acceptors (Lipinski definition) is 9. The van der Waals surface area contributed by atoms with Gasteiger partial charge in [-0.25, -0.2) is 17.8 Å². The van der Waals surface area contributed by atoms with Crippen LogP contribution in [0.3, 0.4) is 0 Å². The molecule has 0 aliphatic carbocycles. The maximum atomic E-state index is 13.4. The van der Waals surface area contributed by atoms with Gasteiger partial charge < -0.3 is 24.3 Å². The Bertz CT molecular complexity index is 1900. The third-order valence-corrected chi connectivity index (χ3v) is 9.31. The van der Waals surface area contributed by atoms with E-state index in [-0.39, 0.29) is 18.2 Å². The van der Waals surface area contributed by atoms with E-state index in [1.807, 2.05) is 36.7 Å². The Labute approximate surface area is 254 Å². The Kier molecular flexibility index (Phi) is 8.06. The first-order chi connectivity index (χ1) is 21.2. The monoisotopic (exact) mass is 617 g/mol. The molecule has 44 heavy (non-hydrogen) atoms. The number of imidazole rings is 1. The zero-order valence-corrected chi connectivity index (χ0v) is 25.4. The predicted octanol–water partition coefficient (Wildman–Crippen LogP) is 4.42. The van der Waals surface area contributed by atoms with Crippen molar-refractivity contribution in [2.45, 2.75) is 24.9 Å². The number of aromatic nitrogens is 4. The molecule has 1 aliphatic heterocycles. The highest BCUT2D eigenvalue weighted by molar-refractivity contribution is 7.89. The number of fused-ring (bicyclic) bond motifs is 2. The SMILES string of the molecule is Cc1ccc(Cn2cnc3c(NCc4ccc5c(c4)OCO5)nc(N(C)CCN(C)S(=O)(=O)c4ccc(F)cc4)nc32)cc1. The summed E-state index contributed by atoms with van der Waals surface area (Å²) in [7, 11) is -0.503. The van der Waals surface area contributed by atoms with Crippen LogP contribution in [0.25, 0.3) is 11.2 Å². The molecule has 228 valence electrons. The van der Waals surface area contributed by atoms with E-state index in [1.54, 1.807) is 11.2 Å². The van der Waals surface area contributed by atoms with Crippen LogP contribution in [0.15, 0.2) is 78.0 Å². The fraction of sp³-hybridized carbons (Fsp3) is 0.258. The standard InChI is InChI=1S/C31H32FN7O4S/c1-21-4-6-22(7-5-21)18-39-19-34-28-29(33-17-23-8-13-26-27(16-23)43-20-42-26)35-31(36-30(28)39)37(2)14-15-38(3)44(40,41)25-11-9-24(32)10-12-25/h4-13,16,19H,14-15,17-18,20H2,1-3H3,(H,33,35,36). The molecule has 2 aromatic heterocycles. The number of nitrogens with one attached hydrogen (secondary N) is 1. The zero-order chi connectivity index (χ0) is 30.8. The lowest BCUT2D eigenvalue weighted by Crippen LogP contribution is -2.35. The van der Waals surface area contributed by atoms with Crippen molar-refractivity contribution in [1.82, 2.24) is 23.8 Å². The molecule has 1 N–H and O–H groups in total. The van der Waals surface area contributed by atoms with E-state index in [2.05, 4.69) is 34.6 Å². The molecule has 0 saturated carbocycles. The number of rotatable bonds is 11. The van der Waals surface area contributed by atoms with Crippen LogP contribution >= 0.6 is 0 Å². The van der Waals surface area contributed by atoms with Gasteiger partial charge >= 0.3 is 0 Å². The normalized spacial score (nSPS) is 12.7. The number of hydrogen-bond donors (Lipinski definition) is 1. The van der Waals surface area contributed by atoms with Gasteiger partial charge in [-0.15, -0.1) is 0 Å². The van der Waals surface area contributed by atoms with E-state index < -0.39 is 15.8 Å². The Balaban J connectivity index is 1.26. The number of nitrogens with zero attached hydrogens (tertiary/aromatic N) is 6. The molecular weight excluding hydrogens is 585 g/mol. The molecule has 0 bridgehead atoms. The second kappa shape index (κ2) is 12.1. The van der Waals surface area contributed by atoms with Crippen molar-refractivity contribution in [3.05, 3.63) is 95.6 Å². The molecule has 0 amide bonds. The maximum Gasteiger partial charge on any atom is 0.242 e. The van der Waals surface area contributed by atoms with Gasteiger partial charge in [0.25, 0.3) is 0 Å². The Morgan fingerprint density at radius 1 is 0.932 bits per heavy atom. The summed E-state index contributed by atoms with van der Waals surface area (Å²) in [5, 5.41) is 3.40. The van der Waals surface area contributed by atoms with Gasteiger partial charge in [0.2, 0.25) is 22.8 Å². The molecule has 0 unspecified atom stereocenters. The van der Waals surface area contributed by atoms with Crippen molar-refractivity contribution < 1.29 is 22.3 Å². The molecule has 3 aromatic carbocycles. The largest absolute Gasteiger partial charge is 0.454 e. The van der Waals surface area contributed by atoms with Crippen molar-refractivity contribution in [2.75, 3.05) is 44.2 Å². The van der Waals surface area contributed by atoms with Crippen molar-refractivity contribution >= 4 is 33.0 Å². The number of anilines is 2. The molecule has 3 heterocycles. The molecule has 0 spiro atoms. The number of likely N-dealkylation sites (N-methyl/N-ethyl adjacent to an activating group) is 2. The van der Waals surface area contributed by atoms with Gasteiger partial charge in [0.15, 0.2) is 28.5 Å². The summed E-state index contributed by atoms with van der Waals surface area (Å²) in [6, 6.07) is 18.8. The van der Waals surface area contributed by atoms with Crippen LogP contribution in [0.4, 0.5) is 16.2 Å². The Morgan fingerprint density at radius 3 is 2.43 bits per heavy atom. The second-order valence-corrected chi connectivity index (χ2v) is 12.7. The maximum absolute atomic E-state index is 13.4. The highest BCUT2D eigenvalue weighted by Gasteiger charge is 2.22. The van der Waals surface area contributed by atoms with Crippen molar-refractivity contribution in [1.29, 1.82) is 0 Å². The molecule has 0 fully saturated rings. The summed E-state index contributed by atoms with van der Waals surface area (Å²) in [4.78, 5) is 16.1. The van der Waals surface area contributed by atoms with Gasteiger partial charge in [0.05, 0.1) is 17.8 Å². The first kappa shape index (κ1) is 29.3. The van der Waals surface area contributed by atoms with Gasteiger partial charge in [-0.05, 0) is 54.4 Å². The highest BCUT2D eigenvalue weighted by atomic mass is 32.2. The van der Waals surface area contributed by atoms with E-state index in [9.17, 15) is 12.8 Å². The lowest BCUT2D eigenvalue weighted by atomic mass is 10.1. The van der Waals surface area contributed by atoms with E-state index in [0.29, 0.717) is 54.1 Å². The van der Waals surface area contributed by atoms with Crippen LogP contribution in [0, 0.1) is 12.7 Å². The van der Waals surface area contributed by atoms with Crippen LogP contribution in [0.1, 0.15) is 16.7 Å². The van der Waals surface area contributed by atoms with Gasteiger partial charge in [0, 0.05) is 33.7 Å². The summed E-state index contributed by atoms with van der Waals surface area (Å²) in [6.07, 6.45) is 1.75. The molecule has 0 radical (unpaired) electrons. The first-order valence-electron chi connectivity index (χ1n) is 14.0. The lowest BCUT2D eigenvalue weighted by Gasteiger charge is -2.23. The third-order valence-electron chi connectivity index (χ3n) is 7.44. The smallest absolute Gasteiger partial charge is 0.242 e. The number of benzene rings is 3. The topological polar surface area (TPSA) is 115 Å². The molecule has 0 saturated heterocycles. The van der Waals surface area contributed by atoms with Gasteiger partial charge in [-0.2, -0.15) is 14.3 Å². The fourth-order valence-electron chi connectivity index (χ4n) is 4.77. The van der Waals surface area contributed by atoms with Crippen LogP contribution in [0.2, 0.25) is 0 Å². The minimum Gasteiger partial charge on any atom is -0.454 e. The van der Waals surface area contributed by atoms with Crippen LogP contribution in [-0.4, -0.2) is 66.2 Å². The predicted molar refractivity (Wildman–Crippen MR) is 165 cm³/mol. The molecule has 6 rings (SSSR count). The number of halogens is 1. The van der Waals surface area contributed by atoms with Crippen molar-refractivity contribution in [3.63, 3.8) is 0 Å². The zero-order valence-electron chi connectivity index (χ0n) is 24.6.